The fourth-order valence-corrected chi connectivity index (χ4v) is 3.20. The van der Waals surface area contributed by atoms with Crippen LogP contribution in [-0.4, -0.2) is 41.6 Å². The minimum Gasteiger partial charge on any atom is -0.456 e. The van der Waals surface area contributed by atoms with E-state index >= 15 is 0 Å². The Balaban J connectivity index is 1.54. The number of esters is 1. The number of Topliss-reactive ketones (excluding diaryl/α,β-unsaturated/α-hetero) is 1. The maximum atomic E-state index is 12.5. The van der Waals surface area contributed by atoms with Gasteiger partial charge in [0, 0.05) is 11.1 Å². The molecule has 0 spiro atoms. The van der Waals surface area contributed by atoms with Gasteiger partial charge in [0.1, 0.15) is 6.54 Å². The lowest BCUT2D eigenvalue weighted by Gasteiger charge is -2.25. The highest BCUT2D eigenvalue weighted by Gasteiger charge is 2.32. The molecule has 29 heavy (non-hydrogen) atoms. The van der Waals surface area contributed by atoms with Crippen LogP contribution >= 0.6 is 0 Å². The first-order valence-electron chi connectivity index (χ1n) is 9.70. The van der Waals surface area contributed by atoms with Gasteiger partial charge in [-0.05, 0) is 30.0 Å². The van der Waals surface area contributed by atoms with Crippen LogP contribution in [0.2, 0.25) is 0 Å². The fourth-order valence-electron chi connectivity index (χ4n) is 3.20. The molecule has 3 rings (SSSR count). The third kappa shape index (κ3) is 4.96. The van der Waals surface area contributed by atoms with Crippen molar-refractivity contribution in [3.63, 3.8) is 0 Å². The van der Waals surface area contributed by atoms with Gasteiger partial charge >= 0.3 is 5.97 Å². The average Bonchev–Trinajstić information content (AvgIpc) is 2.74. The number of amides is 2. The number of benzene rings is 2. The molecule has 150 valence electrons. The fraction of sp³-hybridized carbons (Fsp3) is 0.304. The lowest BCUT2D eigenvalue weighted by atomic mass is 9.98. The van der Waals surface area contributed by atoms with E-state index in [0.717, 1.165) is 29.7 Å². The monoisotopic (exact) mass is 393 g/mol. The summed E-state index contributed by atoms with van der Waals surface area (Å²) in [5, 5.41) is 0. The van der Waals surface area contributed by atoms with Gasteiger partial charge in [-0.15, -0.1) is 0 Å². The van der Waals surface area contributed by atoms with Gasteiger partial charge in [0.25, 0.3) is 5.91 Å². The number of fused-ring (bicyclic) bond motifs is 1. The van der Waals surface area contributed by atoms with Gasteiger partial charge in [0.2, 0.25) is 5.91 Å². The van der Waals surface area contributed by atoms with Crippen LogP contribution in [-0.2, 0) is 27.2 Å². The molecule has 0 saturated heterocycles. The summed E-state index contributed by atoms with van der Waals surface area (Å²) in [7, 11) is 0. The Bertz CT molecular complexity index is 933. The van der Waals surface area contributed by atoms with Crippen molar-refractivity contribution in [2.75, 3.05) is 13.2 Å². The Morgan fingerprint density at radius 1 is 1.03 bits per heavy atom. The average molecular weight is 393 g/mol. The van der Waals surface area contributed by atoms with E-state index in [2.05, 4.69) is 6.92 Å². The van der Waals surface area contributed by atoms with Crippen molar-refractivity contribution < 1.29 is 23.9 Å². The minimum atomic E-state index is -0.793. The number of ketones is 1. The number of unbranched alkanes of at least 4 members (excludes halogenated alkanes) is 1. The van der Waals surface area contributed by atoms with E-state index in [1.807, 2.05) is 12.1 Å². The number of hydrogen-bond donors (Lipinski definition) is 0. The van der Waals surface area contributed by atoms with Gasteiger partial charge in [0.05, 0.1) is 6.42 Å². The summed E-state index contributed by atoms with van der Waals surface area (Å²) in [6, 6.07) is 14.0. The Morgan fingerprint density at radius 3 is 2.48 bits per heavy atom. The van der Waals surface area contributed by atoms with E-state index in [1.54, 1.807) is 36.4 Å². The minimum absolute atomic E-state index is 0.0541. The first-order chi connectivity index (χ1) is 14.0. The molecule has 0 N–H and O–H groups in total. The summed E-state index contributed by atoms with van der Waals surface area (Å²) in [4.78, 5) is 49.9. The molecule has 0 bridgehead atoms. The Hall–Kier alpha value is -3.28. The van der Waals surface area contributed by atoms with E-state index in [0.29, 0.717) is 16.7 Å². The number of carbonyl (C=O) groups is 4. The maximum Gasteiger partial charge on any atom is 0.326 e. The zero-order chi connectivity index (χ0) is 20.8. The second kappa shape index (κ2) is 9.28. The standard InChI is InChI=1S/C23H23NO5/c1-2-3-6-16-9-11-17(12-10-16)20(25)15-29-22(27)14-24-21(26)13-18-7-4-5-8-19(18)23(24)28/h4-5,7-12H,2-3,6,13-15H2,1H3. The summed E-state index contributed by atoms with van der Waals surface area (Å²) in [5.74, 6) is -2.11. The number of aryl methyl sites for hydroxylation is 1. The highest BCUT2D eigenvalue weighted by molar-refractivity contribution is 6.11. The van der Waals surface area contributed by atoms with Crippen molar-refractivity contribution in [2.45, 2.75) is 32.6 Å². The van der Waals surface area contributed by atoms with Crippen molar-refractivity contribution in [1.29, 1.82) is 0 Å². The van der Waals surface area contributed by atoms with E-state index in [9.17, 15) is 19.2 Å². The van der Waals surface area contributed by atoms with Crippen LogP contribution in [0.1, 0.15) is 51.6 Å². The lowest BCUT2D eigenvalue weighted by molar-refractivity contribution is -0.146. The summed E-state index contributed by atoms with van der Waals surface area (Å²) in [6.45, 7) is 1.19. The third-order valence-corrected chi connectivity index (χ3v) is 4.88. The smallest absolute Gasteiger partial charge is 0.326 e. The second-order valence-corrected chi connectivity index (χ2v) is 7.00. The van der Waals surface area contributed by atoms with Crippen LogP contribution in [0.15, 0.2) is 48.5 Å². The van der Waals surface area contributed by atoms with E-state index in [-0.39, 0.29) is 12.2 Å². The summed E-state index contributed by atoms with van der Waals surface area (Å²) < 4.78 is 5.01. The lowest BCUT2D eigenvalue weighted by Crippen LogP contribution is -2.45. The quantitative estimate of drug-likeness (QED) is 0.391. The predicted molar refractivity (Wildman–Crippen MR) is 107 cm³/mol. The van der Waals surface area contributed by atoms with Crippen LogP contribution in [0.4, 0.5) is 0 Å². The summed E-state index contributed by atoms with van der Waals surface area (Å²) in [6.07, 6.45) is 3.20. The Kier molecular flexibility index (Phi) is 6.54. The van der Waals surface area contributed by atoms with Gasteiger partial charge in [-0.2, -0.15) is 0 Å². The molecule has 0 saturated carbocycles. The van der Waals surface area contributed by atoms with Crippen LogP contribution in [0.5, 0.6) is 0 Å². The largest absolute Gasteiger partial charge is 0.456 e. The predicted octanol–water partition coefficient (Wildman–Crippen LogP) is 2.98. The third-order valence-electron chi connectivity index (χ3n) is 4.88. The molecular weight excluding hydrogens is 370 g/mol. The van der Waals surface area contributed by atoms with Crippen molar-refractivity contribution in [1.82, 2.24) is 4.90 Å². The molecule has 2 aromatic rings. The number of hydrogen-bond acceptors (Lipinski definition) is 5. The molecule has 2 aromatic carbocycles. The normalized spacial score (nSPS) is 13.2. The number of carbonyl (C=O) groups excluding carboxylic acids is 4. The van der Waals surface area contributed by atoms with Crippen LogP contribution in [0.3, 0.4) is 0 Å². The molecule has 0 fully saturated rings. The SMILES string of the molecule is CCCCc1ccc(C(=O)COC(=O)CN2C(=O)Cc3ccccc3C2=O)cc1. The van der Waals surface area contributed by atoms with Crippen molar-refractivity contribution in [3.8, 4) is 0 Å². The van der Waals surface area contributed by atoms with Crippen LogP contribution in [0, 0.1) is 0 Å². The van der Waals surface area contributed by atoms with Crippen LogP contribution < -0.4 is 0 Å². The second-order valence-electron chi connectivity index (χ2n) is 7.00. The van der Waals surface area contributed by atoms with Crippen molar-refractivity contribution >= 4 is 23.6 Å². The van der Waals surface area contributed by atoms with Gasteiger partial charge in [-0.25, -0.2) is 0 Å². The van der Waals surface area contributed by atoms with E-state index < -0.39 is 30.9 Å². The zero-order valence-corrected chi connectivity index (χ0v) is 16.3. The van der Waals surface area contributed by atoms with Gasteiger partial charge < -0.3 is 4.74 Å². The first-order valence-corrected chi connectivity index (χ1v) is 9.70. The number of imide groups is 1. The van der Waals surface area contributed by atoms with Gasteiger partial charge in [-0.3, -0.25) is 24.1 Å². The topological polar surface area (TPSA) is 80.8 Å². The molecule has 6 nitrogen and oxygen atoms in total. The molecule has 0 radical (unpaired) electrons. The van der Waals surface area contributed by atoms with Crippen LogP contribution in [0.25, 0.3) is 0 Å². The molecule has 0 aromatic heterocycles. The van der Waals surface area contributed by atoms with E-state index in [4.69, 9.17) is 4.74 Å². The number of ether oxygens (including phenoxy) is 1. The summed E-state index contributed by atoms with van der Waals surface area (Å²) >= 11 is 0. The molecule has 1 aliphatic heterocycles. The maximum absolute atomic E-state index is 12.5. The van der Waals surface area contributed by atoms with Crippen molar-refractivity contribution in [2.24, 2.45) is 0 Å². The van der Waals surface area contributed by atoms with E-state index in [1.165, 1.54) is 0 Å². The first kappa shape index (κ1) is 20.5. The highest BCUT2D eigenvalue weighted by atomic mass is 16.5. The Labute approximate surface area is 169 Å². The van der Waals surface area contributed by atoms with Gasteiger partial charge in [0.15, 0.2) is 12.4 Å². The number of rotatable bonds is 8. The zero-order valence-electron chi connectivity index (χ0n) is 16.3. The van der Waals surface area contributed by atoms with Crippen molar-refractivity contribution in [3.05, 3.63) is 70.8 Å². The molecule has 1 heterocycles. The summed E-state index contributed by atoms with van der Waals surface area (Å²) in [5.41, 5.74) is 2.66. The highest BCUT2D eigenvalue weighted by Crippen LogP contribution is 2.19. The number of nitrogens with zero attached hydrogens (tertiary/aromatic N) is 1. The Morgan fingerprint density at radius 2 is 1.76 bits per heavy atom. The molecular formula is C23H23NO5. The molecule has 0 atom stereocenters. The molecule has 0 unspecified atom stereocenters. The molecule has 2 amide bonds. The molecule has 0 aliphatic carbocycles. The molecule has 6 heteroatoms. The molecule has 1 aliphatic rings. The van der Waals surface area contributed by atoms with Gasteiger partial charge in [-0.1, -0.05) is 55.8 Å².